The summed E-state index contributed by atoms with van der Waals surface area (Å²) < 4.78 is 5.93. The molecule has 0 N–H and O–H groups in total. The number of likely N-dealkylation sites (tertiary alicyclic amines) is 1. The van der Waals surface area contributed by atoms with E-state index in [1.54, 1.807) is 0 Å². The number of nitrogens with zero attached hydrogens (tertiary/aromatic N) is 2. The van der Waals surface area contributed by atoms with Gasteiger partial charge < -0.3 is 9.64 Å². The maximum atomic E-state index is 11.7. The number of carbonyl (C=O) groups excluding carboxylic acids is 1. The molecule has 1 aromatic carbocycles. The van der Waals surface area contributed by atoms with Gasteiger partial charge in [-0.05, 0) is 25.3 Å². The molecule has 0 bridgehead atoms. The van der Waals surface area contributed by atoms with E-state index in [-0.39, 0.29) is 18.1 Å². The van der Waals surface area contributed by atoms with Crippen LogP contribution in [0.5, 0.6) is 0 Å². The number of rotatable bonds is 3. The lowest BCUT2D eigenvalue weighted by molar-refractivity contribution is -0.171. The summed E-state index contributed by atoms with van der Waals surface area (Å²) in [7, 11) is 0. The second kappa shape index (κ2) is 10.9. The Morgan fingerprint density at radius 2 is 1.72 bits per heavy atom. The third-order valence-corrected chi connectivity index (χ3v) is 4.73. The number of terminal acetylenes is 1. The number of ether oxygens (including phenoxy) is 1. The minimum Gasteiger partial charge on any atom is -0.363 e. The van der Waals surface area contributed by atoms with Crippen LogP contribution in [-0.2, 0) is 16.1 Å². The number of benzene rings is 1. The van der Waals surface area contributed by atoms with Gasteiger partial charge in [-0.1, -0.05) is 44.2 Å². The minimum absolute atomic E-state index is 0.100. The van der Waals surface area contributed by atoms with Crippen LogP contribution in [0.4, 0.5) is 0 Å². The van der Waals surface area contributed by atoms with Crippen LogP contribution < -0.4 is 0 Å². The van der Waals surface area contributed by atoms with Crippen molar-refractivity contribution in [3.8, 4) is 12.8 Å². The quantitative estimate of drug-likeness (QED) is 0.790. The van der Waals surface area contributed by atoms with Crippen molar-refractivity contribution in [3.05, 3.63) is 35.9 Å². The van der Waals surface area contributed by atoms with Crippen LogP contribution in [0.15, 0.2) is 30.3 Å². The summed E-state index contributed by atoms with van der Waals surface area (Å²) in [5, 5.41) is 0. The second-order valence-electron chi connectivity index (χ2n) is 6.14. The first kappa shape index (κ1) is 21.2. The van der Waals surface area contributed by atoms with E-state index >= 15 is 0 Å². The van der Waals surface area contributed by atoms with Gasteiger partial charge in [-0.2, -0.15) is 0 Å². The van der Waals surface area contributed by atoms with Crippen LogP contribution in [-0.4, -0.2) is 54.1 Å². The highest BCUT2D eigenvalue weighted by molar-refractivity contribution is 5.78. The van der Waals surface area contributed by atoms with Gasteiger partial charge in [-0.25, -0.2) is 0 Å². The predicted octanol–water partition coefficient (Wildman–Crippen LogP) is 3.18. The van der Waals surface area contributed by atoms with Gasteiger partial charge in [0.1, 0.15) is 6.61 Å². The summed E-state index contributed by atoms with van der Waals surface area (Å²) in [5.74, 6) is 0.134. The lowest BCUT2D eigenvalue weighted by atomic mass is 9.89. The number of piperidine rings is 1. The van der Waals surface area contributed by atoms with Crippen LogP contribution in [0.25, 0.3) is 0 Å². The molecule has 0 aromatic heterocycles. The third-order valence-electron chi connectivity index (χ3n) is 4.73. The lowest BCUT2D eigenvalue weighted by Crippen LogP contribution is -2.58. The van der Waals surface area contributed by atoms with Gasteiger partial charge in [0, 0.05) is 32.7 Å². The largest absolute Gasteiger partial charge is 0.363 e. The number of likely N-dealkylation sites (N-methyl/N-ethyl adjacent to an activating group) is 1. The van der Waals surface area contributed by atoms with Crippen molar-refractivity contribution in [2.24, 2.45) is 0 Å². The zero-order valence-electron chi connectivity index (χ0n) is 15.9. The van der Waals surface area contributed by atoms with Gasteiger partial charge in [-0.3, -0.25) is 9.69 Å². The molecule has 4 nitrogen and oxygen atoms in total. The van der Waals surface area contributed by atoms with Crippen LogP contribution in [0, 0.1) is 12.8 Å². The van der Waals surface area contributed by atoms with E-state index in [4.69, 9.17) is 4.74 Å². The van der Waals surface area contributed by atoms with Crippen LogP contribution in [0.2, 0.25) is 0 Å². The molecule has 1 amide bonds. The Morgan fingerprint density at radius 1 is 1.12 bits per heavy atom. The van der Waals surface area contributed by atoms with E-state index in [1.807, 2.05) is 25.7 Å². The Hall–Kier alpha value is -1.83. The van der Waals surface area contributed by atoms with Crippen molar-refractivity contribution >= 4 is 5.91 Å². The molecule has 1 aromatic rings. The first-order valence-corrected chi connectivity index (χ1v) is 9.22. The number of hydrogen-bond acceptors (Lipinski definition) is 3. The predicted molar refractivity (Wildman–Crippen MR) is 103 cm³/mol. The smallest absolute Gasteiger partial charge is 0.248 e. The molecule has 0 radical (unpaired) electrons. The normalized spacial score (nSPS) is 19.4. The molecule has 0 atom stereocenters. The van der Waals surface area contributed by atoms with E-state index in [1.165, 1.54) is 5.56 Å². The lowest BCUT2D eigenvalue weighted by Gasteiger charge is -2.46. The molecule has 138 valence electrons. The average molecular weight is 344 g/mol. The van der Waals surface area contributed by atoms with Gasteiger partial charge in [-0.15, -0.1) is 12.8 Å². The molecule has 25 heavy (non-hydrogen) atoms. The molecule has 2 saturated heterocycles. The van der Waals surface area contributed by atoms with Gasteiger partial charge in [0.15, 0.2) is 0 Å². The zero-order valence-corrected chi connectivity index (χ0v) is 15.9. The maximum Gasteiger partial charge on any atom is 0.248 e. The van der Waals surface area contributed by atoms with Gasteiger partial charge in [0.05, 0.1) is 5.60 Å². The molecule has 0 saturated carbocycles. The molecule has 2 aliphatic heterocycles. The van der Waals surface area contributed by atoms with Gasteiger partial charge in [0.25, 0.3) is 0 Å². The number of morpholine rings is 1. The topological polar surface area (TPSA) is 32.8 Å². The summed E-state index contributed by atoms with van der Waals surface area (Å²) in [6.07, 6.45) is 10.0. The first-order valence-electron chi connectivity index (χ1n) is 9.22. The standard InChI is InChI=1S/C17H24N2O2.C2H6.C2H2/c1-2-19-14-17(21-13-16(19)20)8-10-18(11-9-17)12-15-6-4-3-5-7-15;2*1-2/h3-7H,2,8-14H2,1H3;1-2H3;1-2H. The molecule has 0 aliphatic carbocycles. The van der Waals surface area contributed by atoms with Crippen molar-refractivity contribution in [1.29, 1.82) is 0 Å². The van der Waals surface area contributed by atoms with Crippen molar-refractivity contribution in [1.82, 2.24) is 9.80 Å². The number of amides is 1. The fourth-order valence-corrected chi connectivity index (χ4v) is 3.34. The Morgan fingerprint density at radius 3 is 2.28 bits per heavy atom. The summed E-state index contributed by atoms with van der Waals surface area (Å²) in [5.41, 5.74) is 1.26. The third kappa shape index (κ3) is 5.88. The number of carbonyl (C=O) groups is 1. The van der Waals surface area contributed by atoms with Crippen LogP contribution in [0.3, 0.4) is 0 Å². The molecule has 2 aliphatic rings. The molecular weight excluding hydrogens is 312 g/mol. The van der Waals surface area contributed by atoms with E-state index in [9.17, 15) is 4.79 Å². The van der Waals surface area contributed by atoms with E-state index in [0.717, 1.165) is 45.6 Å². The maximum absolute atomic E-state index is 11.7. The Kier molecular flexibility index (Phi) is 9.26. The van der Waals surface area contributed by atoms with Crippen molar-refractivity contribution < 1.29 is 9.53 Å². The molecule has 2 heterocycles. The summed E-state index contributed by atoms with van der Waals surface area (Å²) in [4.78, 5) is 16.2. The van der Waals surface area contributed by atoms with Gasteiger partial charge in [0.2, 0.25) is 5.91 Å². The fourth-order valence-electron chi connectivity index (χ4n) is 3.34. The Bertz CT molecular complexity index is 519. The highest BCUT2D eigenvalue weighted by atomic mass is 16.5. The Balaban J connectivity index is 0.000000730. The summed E-state index contributed by atoms with van der Waals surface area (Å²) in [6.45, 7) is 10.9. The fraction of sp³-hybridized carbons (Fsp3) is 0.571. The zero-order chi connectivity index (χ0) is 18.7. The van der Waals surface area contributed by atoms with Crippen LogP contribution >= 0.6 is 0 Å². The van der Waals surface area contributed by atoms with Crippen molar-refractivity contribution in [2.45, 2.75) is 45.8 Å². The second-order valence-corrected chi connectivity index (χ2v) is 6.14. The minimum atomic E-state index is -0.100. The van der Waals surface area contributed by atoms with E-state index < -0.39 is 0 Å². The average Bonchev–Trinajstić information content (AvgIpc) is 2.70. The van der Waals surface area contributed by atoms with Crippen molar-refractivity contribution in [2.75, 3.05) is 32.8 Å². The molecule has 3 rings (SSSR count). The van der Waals surface area contributed by atoms with Crippen molar-refractivity contribution in [3.63, 3.8) is 0 Å². The highest BCUT2D eigenvalue weighted by Gasteiger charge is 2.41. The van der Waals surface area contributed by atoms with Crippen LogP contribution in [0.1, 0.15) is 39.2 Å². The molecular formula is C21H32N2O2. The molecule has 1 spiro atoms. The monoisotopic (exact) mass is 344 g/mol. The number of hydrogen-bond donors (Lipinski definition) is 0. The molecule has 0 unspecified atom stereocenters. The summed E-state index contributed by atoms with van der Waals surface area (Å²) >= 11 is 0. The SMILES string of the molecule is C#C.CC.CCN1CC2(CCN(Cc3ccccc3)CC2)OCC1=O. The van der Waals surface area contributed by atoms with E-state index in [0.29, 0.717) is 0 Å². The highest BCUT2D eigenvalue weighted by Crippen LogP contribution is 2.30. The Labute approximate surface area is 153 Å². The van der Waals surface area contributed by atoms with Gasteiger partial charge >= 0.3 is 0 Å². The summed E-state index contributed by atoms with van der Waals surface area (Å²) in [6, 6.07) is 10.6. The van der Waals surface area contributed by atoms with E-state index in [2.05, 4.69) is 48.1 Å². The first-order chi connectivity index (χ1) is 12.2. The molecule has 4 heteroatoms. The molecule has 2 fully saturated rings.